The van der Waals surface area contributed by atoms with Gasteiger partial charge in [-0.15, -0.1) is 0 Å². The molecule has 0 aliphatic rings. The van der Waals surface area contributed by atoms with Gasteiger partial charge in [0.1, 0.15) is 12.4 Å². The Labute approximate surface area is 84.7 Å². The number of aliphatic hydroxyl groups is 1. The van der Waals surface area contributed by atoms with Crippen molar-refractivity contribution in [3.05, 3.63) is 22.5 Å². The van der Waals surface area contributed by atoms with Crippen LogP contribution in [-0.4, -0.2) is 45.2 Å². The van der Waals surface area contributed by atoms with Crippen LogP contribution in [0.15, 0.2) is 12.4 Å². The number of rotatable bonds is 5. The molecule has 1 aromatic heterocycles. The molecule has 0 bridgehead atoms. The molecule has 0 atom stereocenters. The van der Waals surface area contributed by atoms with Crippen LogP contribution in [0, 0.1) is 10.1 Å². The second kappa shape index (κ2) is 5.17. The van der Waals surface area contributed by atoms with Crippen LogP contribution in [0.2, 0.25) is 0 Å². The molecule has 0 aromatic carbocycles. The molecule has 0 spiro atoms. The molecule has 1 aromatic rings. The normalized spacial score (nSPS) is 10.2. The van der Waals surface area contributed by atoms with Crippen LogP contribution in [0.3, 0.4) is 0 Å². The fraction of sp³-hybridized carbons (Fsp3) is 0.429. The predicted molar refractivity (Wildman–Crippen MR) is 49.5 cm³/mol. The summed E-state index contributed by atoms with van der Waals surface area (Å²) in [5, 5.41) is 21.5. The van der Waals surface area contributed by atoms with Gasteiger partial charge in [0.15, 0.2) is 0 Å². The minimum Gasteiger partial charge on any atom is -0.395 e. The van der Waals surface area contributed by atoms with E-state index in [4.69, 9.17) is 5.11 Å². The van der Waals surface area contributed by atoms with Crippen molar-refractivity contribution in [2.75, 3.05) is 19.7 Å². The van der Waals surface area contributed by atoms with Crippen molar-refractivity contribution in [1.82, 2.24) is 14.9 Å². The Bertz CT molecular complexity index is 362. The van der Waals surface area contributed by atoms with Crippen molar-refractivity contribution in [2.24, 2.45) is 0 Å². The number of imidazole rings is 1. The second-order valence-corrected chi connectivity index (χ2v) is 2.65. The van der Waals surface area contributed by atoms with E-state index in [1.165, 1.54) is 12.4 Å². The van der Waals surface area contributed by atoms with Gasteiger partial charge in [0.05, 0.1) is 13.2 Å². The highest BCUT2D eigenvalue weighted by Crippen LogP contribution is 2.06. The lowest BCUT2D eigenvalue weighted by Gasteiger charge is -2.01. The lowest BCUT2D eigenvalue weighted by atomic mass is 10.5. The maximum absolute atomic E-state index is 11.4. The smallest absolute Gasteiger partial charge is 0.395 e. The molecule has 15 heavy (non-hydrogen) atoms. The third kappa shape index (κ3) is 2.82. The minimum absolute atomic E-state index is 0.0856. The van der Waals surface area contributed by atoms with Crippen LogP contribution in [0.1, 0.15) is 4.79 Å². The summed E-state index contributed by atoms with van der Waals surface area (Å²) >= 11 is 0. The molecule has 0 unspecified atom stereocenters. The Balaban J connectivity index is 2.65. The van der Waals surface area contributed by atoms with Gasteiger partial charge in [-0.3, -0.25) is 4.79 Å². The van der Waals surface area contributed by atoms with Crippen molar-refractivity contribution in [3.63, 3.8) is 0 Å². The third-order valence-corrected chi connectivity index (χ3v) is 1.62. The van der Waals surface area contributed by atoms with Crippen LogP contribution < -0.4 is 5.32 Å². The fourth-order valence-electron chi connectivity index (χ4n) is 0.985. The van der Waals surface area contributed by atoms with Crippen LogP contribution >= 0.6 is 0 Å². The number of hydrogen-bond donors (Lipinski definition) is 2. The highest BCUT2D eigenvalue weighted by molar-refractivity contribution is 5.82. The van der Waals surface area contributed by atoms with Gasteiger partial charge < -0.3 is 20.5 Å². The quantitative estimate of drug-likeness (QED) is 0.370. The lowest BCUT2D eigenvalue weighted by Crippen LogP contribution is -2.29. The van der Waals surface area contributed by atoms with E-state index in [-0.39, 0.29) is 19.7 Å². The van der Waals surface area contributed by atoms with Crippen molar-refractivity contribution < 1.29 is 14.8 Å². The first-order valence-electron chi connectivity index (χ1n) is 4.19. The van der Waals surface area contributed by atoms with Gasteiger partial charge in [-0.1, -0.05) is 4.98 Å². The molecule has 0 saturated heterocycles. The molecular formula is C7H10N4O4. The summed E-state index contributed by atoms with van der Waals surface area (Å²) < 4.78 is 0.852. The van der Waals surface area contributed by atoms with Gasteiger partial charge in [0.25, 0.3) is 0 Å². The average molecular weight is 214 g/mol. The molecule has 0 radical (unpaired) electrons. The van der Waals surface area contributed by atoms with Crippen LogP contribution in [0.4, 0.5) is 5.95 Å². The highest BCUT2D eigenvalue weighted by atomic mass is 16.6. The Kier molecular flexibility index (Phi) is 3.89. The summed E-state index contributed by atoms with van der Waals surface area (Å²) in [7, 11) is 0. The molecule has 8 heteroatoms. The molecule has 0 fully saturated rings. The minimum atomic E-state index is -0.732. The van der Waals surface area contributed by atoms with Gasteiger partial charge >= 0.3 is 11.9 Å². The molecule has 0 aliphatic heterocycles. The topological polar surface area (TPSA) is 110 Å². The van der Waals surface area contributed by atoms with Gasteiger partial charge in [0, 0.05) is 6.54 Å². The van der Waals surface area contributed by atoms with E-state index in [1.54, 1.807) is 0 Å². The maximum atomic E-state index is 11.4. The Morgan fingerprint density at radius 2 is 2.47 bits per heavy atom. The Hall–Kier alpha value is -1.80. The Morgan fingerprint density at radius 1 is 1.73 bits per heavy atom. The molecule has 1 rings (SSSR count). The van der Waals surface area contributed by atoms with Crippen molar-refractivity contribution >= 4 is 11.9 Å². The summed E-state index contributed by atoms with van der Waals surface area (Å²) in [4.78, 5) is 24.5. The maximum Gasteiger partial charge on any atom is 0.441 e. The highest BCUT2D eigenvalue weighted by Gasteiger charge is 2.19. The molecule has 8 nitrogen and oxygen atoms in total. The molecule has 1 heterocycles. The predicted octanol–water partition coefficient (Wildman–Crippen LogP) is -0.987. The molecule has 0 amide bonds. The SMILES string of the molecule is O=C(CNCCO)n1ccnc1[N+](=O)[O-]. The number of aliphatic hydroxyl groups excluding tert-OH is 1. The summed E-state index contributed by atoms with van der Waals surface area (Å²) in [5.41, 5.74) is 0. The van der Waals surface area contributed by atoms with Crippen molar-refractivity contribution in [1.29, 1.82) is 0 Å². The molecule has 0 aliphatic carbocycles. The van der Waals surface area contributed by atoms with Gasteiger partial charge in [-0.05, 0) is 4.92 Å². The van der Waals surface area contributed by atoms with Gasteiger partial charge in [0.2, 0.25) is 0 Å². The van der Waals surface area contributed by atoms with E-state index in [9.17, 15) is 14.9 Å². The zero-order valence-electron chi connectivity index (χ0n) is 7.79. The first-order chi connectivity index (χ1) is 7.16. The molecule has 0 saturated carbocycles. The number of aromatic nitrogens is 2. The zero-order valence-corrected chi connectivity index (χ0v) is 7.79. The molecule has 82 valence electrons. The molecule has 2 N–H and O–H groups in total. The number of nitro groups is 1. The van der Waals surface area contributed by atoms with Crippen molar-refractivity contribution in [2.45, 2.75) is 0 Å². The first-order valence-corrected chi connectivity index (χ1v) is 4.19. The number of carbonyl (C=O) groups excluding carboxylic acids is 1. The van der Waals surface area contributed by atoms with Crippen LogP contribution in [-0.2, 0) is 0 Å². The standard InChI is InChI=1S/C7H10N4O4/c12-4-2-8-5-6(13)10-3-1-9-7(10)11(14)15/h1,3,8,12H,2,4-5H2. The summed E-state index contributed by atoms with van der Waals surface area (Å²) in [6.07, 6.45) is 2.41. The van der Waals surface area contributed by atoms with E-state index in [2.05, 4.69) is 10.3 Å². The van der Waals surface area contributed by atoms with E-state index in [0.717, 1.165) is 4.57 Å². The monoisotopic (exact) mass is 214 g/mol. The Morgan fingerprint density at radius 3 is 3.07 bits per heavy atom. The van der Waals surface area contributed by atoms with E-state index >= 15 is 0 Å². The first kappa shape index (κ1) is 11.3. The van der Waals surface area contributed by atoms with E-state index in [0.29, 0.717) is 0 Å². The molecular weight excluding hydrogens is 204 g/mol. The number of nitrogens with one attached hydrogen (secondary N) is 1. The second-order valence-electron chi connectivity index (χ2n) is 2.65. The largest absolute Gasteiger partial charge is 0.441 e. The summed E-state index contributed by atoms with van der Waals surface area (Å²) in [6.45, 7) is 0.0747. The fourth-order valence-corrected chi connectivity index (χ4v) is 0.985. The number of carbonyl (C=O) groups is 1. The summed E-state index contributed by atoms with van der Waals surface area (Å²) in [6, 6.07) is 0. The zero-order chi connectivity index (χ0) is 11.3. The van der Waals surface area contributed by atoms with E-state index < -0.39 is 16.8 Å². The van der Waals surface area contributed by atoms with E-state index in [1.807, 2.05) is 0 Å². The summed E-state index contributed by atoms with van der Waals surface area (Å²) in [5.74, 6) is -1.00. The van der Waals surface area contributed by atoms with Gasteiger partial charge in [-0.25, -0.2) is 0 Å². The van der Waals surface area contributed by atoms with Gasteiger partial charge in [-0.2, -0.15) is 4.57 Å². The number of hydrogen-bond acceptors (Lipinski definition) is 6. The third-order valence-electron chi connectivity index (χ3n) is 1.62. The average Bonchev–Trinajstić information content (AvgIpc) is 2.66. The van der Waals surface area contributed by atoms with Crippen LogP contribution in [0.5, 0.6) is 0 Å². The van der Waals surface area contributed by atoms with Crippen LogP contribution in [0.25, 0.3) is 0 Å². The number of nitrogens with zero attached hydrogens (tertiary/aromatic N) is 3. The lowest BCUT2D eigenvalue weighted by molar-refractivity contribution is -0.395. The van der Waals surface area contributed by atoms with Crippen molar-refractivity contribution in [3.8, 4) is 0 Å².